The zero-order valence-corrected chi connectivity index (χ0v) is 11.5. The van der Waals surface area contributed by atoms with Gasteiger partial charge in [0.2, 0.25) is 0 Å². The van der Waals surface area contributed by atoms with Gasteiger partial charge in [-0.3, -0.25) is 0 Å². The lowest BCUT2D eigenvalue weighted by Crippen LogP contribution is -2.31. The maximum atomic E-state index is 2.43. The zero-order valence-electron chi connectivity index (χ0n) is 11.5. The second-order valence-electron chi connectivity index (χ2n) is 6.74. The molecule has 0 rings (SSSR count). The van der Waals surface area contributed by atoms with Gasteiger partial charge >= 0.3 is 0 Å². The van der Waals surface area contributed by atoms with Crippen LogP contribution in [0.2, 0.25) is 0 Å². The van der Waals surface area contributed by atoms with E-state index in [0.717, 1.165) is 23.7 Å². The minimum atomic E-state index is 0.447. The zero-order chi connectivity index (χ0) is 11.5. The summed E-state index contributed by atoms with van der Waals surface area (Å²) in [6.07, 6.45) is 1.36. The Morgan fingerprint density at radius 3 is 1.50 bits per heavy atom. The smallest absolute Gasteiger partial charge is 0.0316 e. The molecule has 0 radical (unpaired) electrons. The first-order valence-electron chi connectivity index (χ1n) is 6.16. The molecule has 2 atom stereocenters. The highest BCUT2D eigenvalue weighted by molar-refractivity contribution is 4.81. The van der Waals surface area contributed by atoms with Gasteiger partial charge in [0, 0.05) is 0 Å². The Kier molecular flexibility index (Phi) is 5.19. The molecule has 0 aliphatic carbocycles. The summed E-state index contributed by atoms with van der Waals surface area (Å²) in [7, 11) is 0. The molecule has 0 N–H and O–H groups in total. The molecule has 0 aromatic carbocycles. The maximum Gasteiger partial charge on any atom is -0.0316 e. The predicted octanol–water partition coefficient (Wildman–Crippen LogP) is 4.99. The standard InChI is InChI=1S/C14H30/c1-10(2)9-12(5)13(11(3)4)14(6,7)8/h10-13H,9H2,1-8H3. The average molecular weight is 198 g/mol. The predicted molar refractivity (Wildman–Crippen MR) is 66.4 cm³/mol. The molecule has 0 fully saturated rings. The van der Waals surface area contributed by atoms with E-state index in [0.29, 0.717) is 5.41 Å². The van der Waals surface area contributed by atoms with Gasteiger partial charge in [0.15, 0.2) is 0 Å². The highest BCUT2D eigenvalue weighted by Crippen LogP contribution is 2.39. The summed E-state index contributed by atoms with van der Waals surface area (Å²) >= 11 is 0. The lowest BCUT2D eigenvalue weighted by atomic mass is 9.66. The fraction of sp³-hybridized carbons (Fsp3) is 1.00. The fourth-order valence-electron chi connectivity index (χ4n) is 3.40. The van der Waals surface area contributed by atoms with Crippen molar-refractivity contribution in [2.45, 2.75) is 61.8 Å². The molecule has 0 aliphatic rings. The number of hydrogen-bond acceptors (Lipinski definition) is 0. The highest BCUT2D eigenvalue weighted by atomic mass is 14.4. The van der Waals surface area contributed by atoms with Gasteiger partial charge in [-0.05, 0) is 35.5 Å². The van der Waals surface area contributed by atoms with Crippen LogP contribution in [0, 0.1) is 29.1 Å². The molecule has 0 aromatic heterocycles. The van der Waals surface area contributed by atoms with Crippen molar-refractivity contribution in [3.63, 3.8) is 0 Å². The molecule has 0 heteroatoms. The van der Waals surface area contributed by atoms with Gasteiger partial charge in [0.1, 0.15) is 0 Å². The van der Waals surface area contributed by atoms with Crippen LogP contribution in [0.1, 0.15) is 61.8 Å². The van der Waals surface area contributed by atoms with Crippen molar-refractivity contribution in [3.05, 3.63) is 0 Å². The molecule has 0 spiro atoms. The quantitative estimate of drug-likeness (QED) is 0.597. The van der Waals surface area contributed by atoms with Gasteiger partial charge in [0.05, 0.1) is 0 Å². The van der Waals surface area contributed by atoms with Crippen molar-refractivity contribution >= 4 is 0 Å². The Bertz CT molecular complexity index is 148. The van der Waals surface area contributed by atoms with Gasteiger partial charge < -0.3 is 0 Å². The average Bonchev–Trinajstić information content (AvgIpc) is 1.78. The molecule has 0 aromatic rings. The summed E-state index contributed by atoms with van der Waals surface area (Å²) in [4.78, 5) is 0. The Morgan fingerprint density at radius 1 is 0.857 bits per heavy atom. The Balaban J connectivity index is 4.50. The van der Waals surface area contributed by atoms with Crippen molar-refractivity contribution in [2.75, 3.05) is 0 Å². The van der Waals surface area contributed by atoms with Gasteiger partial charge in [-0.2, -0.15) is 0 Å². The molecule has 0 nitrogen and oxygen atoms in total. The Hall–Kier alpha value is 0. The van der Waals surface area contributed by atoms with Crippen LogP contribution in [-0.4, -0.2) is 0 Å². The van der Waals surface area contributed by atoms with Crippen LogP contribution in [0.15, 0.2) is 0 Å². The van der Waals surface area contributed by atoms with Crippen molar-refractivity contribution in [3.8, 4) is 0 Å². The van der Waals surface area contributed by atoms with Crippen molar-refractivity contribution in [1.29, 1.82) is 0 Å². The van der Waals surface area contributed by atoms with Gasteiger partial charge in [-0.1, -0.05) is 55.4 Å². The van der Waals surface area contributed by atoms with Crippen LogP contribution >= 0.6 is 0 Å². The summed E-state index contributed by atoms with van der Waals surface area (Å²) in [5.41, 5.74) is 0.447. The molecule has 0 aliphatic heterocycles. The van der Waals surface area contributed by atoms with Crippen molar-refractivity contribution in [2.24, 2.45) is 29.1 Å². The largest absolute Gasteiger partial charge is 0.0628 e. The van der Waals surface area contributed by atoms with E-state index in [9.17, 15) is 0 Å². The maximum absolute atomic E-state index is 2.43. The summed E-state index contributed by atoms with van der Waals surface area (Å²) < 4.78 is 0. The molecule has 0 saturated heterocycles. The van der Waals surface area contributed by atoms with Gasteiger partial charge in [-0.15, -0.1) is 0 Å². The van der Waals surface area contributed by atoms with E-state index in [1.54, 1.807) is 0 Å². The van der Waals surface area contributed by atoms with Crippen LogP contribution in [0.25, 0.3) is 0 Å². The first-order chi connectivity index (χ1) is 6.16. The van der Waals surface area contributed by atoms with Gasteiger partial charge in [-0.25, -0.2) is 0 Å². The van der Waals surface area contributed by atoms with Crippen LogP contribution < -0.4 is 0 Å². The molecule has 2 unspecified atom stereocenters. The van der Waals surface area contributed by atoms with E-state index in [-0.39, 0.29) is 0 Å². The van der Waals surface area contributed by atoms with E-state index >= 15 is 0 Å². The van der Waals surface area contributed by atoms with E-state index in [1.165, 1.54) is 6.42 Å². The van der Waals surface area contributed by atoms with Crippen LogP contribution in [0.4, 0.5) is 0 Å². The van der Waals surface area contributed by atoms with Crippen molar-refractivity contribution in [1.82, 2.24) is 0 Å². The molecule has 0 heterocycles. The lowest BCUT2D eigenvalue weighted by molar-refractivity contribution is 0.101. The third-order valence-electron chi connectivity index (χ3n) is 3.17. The molecular formula is C14H30. The Morgan fingerprint density at radius 2 is 1.29 bits per heavy atom. The fourth-order valence-corrected chi connectivity index (χ4v) is 3.40. The van der Waals surface area contributed by atoms with E-state index in [4.69, 9.17) is 0 Å². The van der Waals surface area contributed by atoms with Gasteiger partial charge in [0.25, 0.3) is 0 Å². The normalized spacial score (nSPS) is 17.6. The van der Waals surface area contributed by atoms with E-state index in [2.05, 4.69) is 55.4 Å². The SMILES string of the molecule is CC(C)CC(C)C(C(C)C)C(C)(C)C. The Labute approximate surface area is 91.5 Å². The number of rotatable bonds is 4. The number of hydrogen-bond donors (Lipinski definition) is 0. The minimum Gasteiger partial charge on any atom is -0.0628 e. The lowest BCUT2D eigenvalue weighted by Gasteiger charge is -2.39. The highest BCUT2D eigenvalue weighted by Gasteiger charge is 2.32. The first kappa shape index (κ1) is 14.0. The first-order valence-corrected chi connectivity index (χ1v) is 6.16. The molecule has 0 bridgehead atoms. The van der Waals surface area contributed by atoms with Crippen LogP contribution in [0.5, 0.6) is 0 Å². The van der Waals surface area contributed by atoms with Crippen LogP contribution in [-0.2, 0) is 0 Å². The second-order valence-corrected chi connectivity index (χ2v) is 6.74. The summed E-state index contributed by atoms with van der Waals surface area (Å²) in [5.74, 6) is 3.30. The van der Waals surface area contributed by atoms with E-state index in [1.807, 2.05) is 0 Å². The molecule has 0 amide bonds. The third kappa shape index (κ3) is 4.48. The summed E-state index contributed by atoms with van der Waals surface area (Å²) in [6, 6.07) is 0. The minimum absolute atomic E-state index is 0.447. The summed E-state index contributed by atoms with van der Waals surface area (Å²) in [5, 5.41) is 0. The van der Waals surface area contributed by atoms with Crippen molar-refractivity contribution < 1.29 is 0 Å². The third-order valence-corrected chi connectivity index (χ3v) is 3.17. The molecule has 14 heavy (non-hydrogen) atoms. The summed E-state index contributed by atoms with van der Waals surface area (Å²) in [6.45, 7) is 19.0. The second kappa shape index (κ2) is 5.19. The molecule has 0 saturated carbocycles. The topological polar surface area (TPSA) is 0 Å². The molecular weight excluding hydrogens is 168 g/mol. The van der Waals surface area contributed by atoms with Crippen LogP contribution in [0.3, 0.4) is 0 Å². The van der Waals surface area contributed by atoms with E-state index < -0.39 is 0 Å². The molecule has 86 valence electrons. The monoisotopic (exact) mass is 198 g/mol.